The van der Waals surface area contributed by atoms with Crippen molar-refractivity contribution in [2.75, 3.05) is 20.3 Å². The number of hydrogen-bond acceptors (Lipinski definition) is 5. The molecule has 6 heteroatoms. The molecule has 26 heavy (non-hydrogen) atoms. The third kappa shape index (κ3) is 3.86. The largest absolute Gasteiger partial charge is 0.492 e. The van der Waals surface area contributed by atoms with E-state index in [1.54, 1.807) is 13.3 Å². The Morgan fingerprint density at radius 3 is 2.46 bits per heavy atom. The van der Waals surface area contributed by atoms with Crippen LogP contribution in [0.4, 0.5) is 0 Å². The Bertz CT molecular complexity index is 839. The van der Waals surface area contributed by atoms with Gasteiger partial charge in [0.2, 0.25) is 5.88 Å². The predicted octanol–water partition coefficient (Wildman–Crippen LogP) is 3.40. The summed E-state index contributed by atoms with van der Waals surface area (Å²) in [6, 6.07) is 13.9. The van der Waals surface area contributed by atoms with Crippen molar-refractivity contribution in [3.8, 4) is 28.6 Å². The van der Waals surface area contributed by atoms with Gasteiger partial charge in [0.1, 0.15) is 12.4 Å². The monoisotopic (exact) mass is 352 g/mol. The first-order valence-electron chi connectivity index (χ1n) is 8.66. The molecule has 0 aliphatic carbocycles. The molecule has 136 valence electrons. The highest BCUT2D eigenvalue weighted by Crippen LogP contribution is 2.28. The van der Waals surface area contributed by atoms with E-state index in [-0.39, 0.29) is 0 Å². The Morgan fingerprint density at radius 1 is 1.12 bits per heavy atom. The minimum Gasteiger partial charge on any atom is -0.492 e. The maximum Gasteiger partial charge on any atom is 0.213 e. The van der Waals surface area contributed by atoms with E-state index < -0.39 is 0 Å². The second-order valence-corrected chi connectivity index (χ2v) is 6.24. The van der Waals surface area contributed by atoms with Crippen LogP contribution in [0.1, 0.15) is 25.5 Å². The zero-order valence-corrected chi connectivity index (χ0v) is 15.3. The third-order valence-electron chi connectivity index (χ3n) is 4.03. The zero-order valence-electron chi connectivity index (χ0n) is 15.3. The number of ether oxygens (including phenoxy) is 2. The van der Waals surface area contributed by atoms with Gasteiger partial charge in [0.15, 0.2) is 0 Å². The van der Waals surface area contributed by atoms with Gasteiger partial charge >= 0.3 is 0 Å². The number of nitrogens with zero attached hydrogens (tertiary/aromatic N) is 3. The Hall–Kier alpha value is -2.86. The smallest absolute Gasteiger partial charge is 0.213 e. The van der Waals surface area contributed by atoms with Crippen LogP contribution in [0.15, 0.2) is 48.7 Å². The average molecular weight is 352 g/mol. The molecule has 6 nitrogen and oxygen atoms in total. The fraction of sp³-hybridized carbons (Fsp3) is 0.300. The quantitative estimate of drug-likeness (QED) is 0.705. The lowest BCUT2D eigenvalue weighted by Crippen LogP contribution is -2.10. The molecule has 1 aromatic carbocycles. The number of pyridine rings is 1. The molecule has 0 amide bonds. The van der Waals surface area contributed by atoms with Crippen LogP contribution in [0.2, 0.25) is 0 Å². The van der Waals surface area contributed by atoms with Gasteiger partial charge in [0.25, 0.3) is 0 Å². The van der Waals surface area contributed by atoms with E-state index in [0.29, 0.717) is 24.9 Å². The molecule has 0 fully saturated rings. The minimum atomic E-state index is 0.327. The molecule has 0 atom stereocenters. The molecule has 3 rings (SSSR count). The number of aromatic nitrogens is 3. The van der Waals surface area contributed by atoms with E-state index in [1.165, 1.54) is 0 Å². The number of benzene rings is 1. The fourth-order valence-corrected chi connectivity index (χ4v) is 2.60. The summed E-state index contributed by atoms with van der Waals surface area (Å²) in [5.74, 6) is 1.71. The van der Waals surface area contributed by atoms with E-state index in [1.807, 2.05) is 41.1 Å². The Morgan fingerprint density at radius 2 is 1.88 bits per heavy atom. The van der Waals surface area contributed by atoms with E-state index in [9.17, 15) is 0 Å². The molecule has 3 aromatic rings. The maximum absolute atomic E-state index is 5.56. The average Bonchev–Trinajstić information content (AvgIpc) is 3.12. The minimum absolute atomic E-state index is 0.327. The first-order valence-corrected chi connectivity index (χ1v) is 8.66. The van der Waals surface area contributed by atoms with E-state index in [4.69, 9.17) is 20.3 Å². The molecule has 2 heterocycles. The molecule has 0 spiro atoms. The van der Waals surface area contributed by atoms with Gasteiger partial charge in [-0.2, -0.15) is 5.10 Å². The van der Waals surface area contributed by atoms with Crippen molar-refractivity contribution in [1.82, 2.24) is 14.8 Å². The number of nitrogens with two attached hydrogens (primary N) is 1. The Labute approximate surface area is 153 Å². The van der Waals surface area contributed by atoms with Crippen molar-refractivity contribution in [1.29, 1.82) is 0 Å². The third-order valence-corrected chi connectivity index (χ3v) is 4.03. The first kappa shape index (κ1) is 17.9. The molecule has 0 aliphatic rings. The molecule has 2 N–H and O–H groups in total. The Kier molecular flexibility index (Phi) is 5.53. The van der Waals surface area contributed by atoms with Crippen LogP contribution in [-0.4, -0.2) is 35.0 Å². The van der Waals surface area contributed by atoms with Gasteiger partial charge < -0.3 is 15.2 Å². The summed E-state index contributed by atoms with van der Waals surface area (Å²) in [6.45, 7) is 5.27. The zero-order chi connectivity index (χ0) is 18.5. The lowest BCUT2D eigenvalue weighted by atomic mass is 10.1. The summed E-state index contributed by atoms with van der Waals surface area (Å²) in [7, 11) is 1.60. The normalized spacial score (nSPS) is 11.0. The fourth-order valence-electron chi connectivity index (χ4n) is 2.60. The molecule has 0 aliphatic heterocycles. The first-order chi connectivity index (χ1) is 12.6. The summed E-state index contributed by atoms with van der Waals surface area (Å²) in [5, 5.41) is 4.77. The van der Waals surface area contributed by atoms with E-state index >= 15 is 0 Å². The predicted molar refractivity (Wildman–Crippen MR) is 102 cm³/mol. The lowest BCUT2D eigenvalue weighted by Gasteiger charge is -2.09. The highest BCUT2D eigenvalue weighted by molar-refractivity contribution is 5.63. The van der Waals surface area contributed by atoms with Crippen molar-refractivity contribution in [3.05, 3.63) is 54.4 Å². The van der Waals surface area contributed by atoms with E-state index in [2.05, 4.69) is 24.9 Å². The van der Waals surface area contributed by atoms with Crippen molar-refractivity contribution in [2.24, 2.45) is 5.73 Å². The van der Waals surface area contributed by atoms with Crippen molar-refractivity contribution >= 4 is 0 Å². The second-order valence-electron chi connectivity index (χ2n) is 6.24. The Balaban J connectivity index is 1.99. The molecule has 2 aromatic heterocycles. The van der Waals surface area contributed by atoms with Gasteiger partial charge in [-0.3, -0.25) is 0 Å². The van der Waals surface area contributed by atoms with Crippen LogP contribution in [0.25, 0.3) is 16.9 Å². The van der Waals surface area contributed by atoms with Crippen molar-refractivity contribution in [2.45, 2.75) is 19.8 Å². The van der Waals surface area contributed by atoms with Gasteiger partial charge in [-0.15, -0.1) is 0 Å². The standard InChI is InChI=1S/C20H24N4O2/c1-14(2)18-12-19(15-4-7-17(8-5-15)26-11-10-21)24(23-18)16-6-9-20(25-3)22-13-16/h4-9,12-14H,10-11,21H2,1-3H3. The summed E-state index contributed by atoms with van der Waals surface area (Å²) in [4.78, 5) is 4.30. The van der Waals surface area contributed by atoms with Gasteiger partial charge in [-0.1, -0.05) is 13.8 Å². The molecule has 0 saturated carbocycles. The van der Waals surface area contributed by atoms with Crippen LogP contribution >= 0.6 is 0 Å². The number of methoxy groups -OCH3 is 1. The van der Waals surface area contributed by atoms with Crippen molar-refractivity contribution in [3.63, 3.8) is 0 Å². The molecule has 0 bridgehead atoms. The van der Waals surface area contributed by atoms with Crippen LogP contribution < -0.4 is 15.2 Å². The molecule has 0 unspecified atom stereocenters. The number of hydrogen-bond donors (Lipinski definition) is 1. The SMILES string of the molecule is COc1ccc(-n2nc(C(C)C)cc2-c2ccc(OCCN)cc2)cn1. The van der Waals surface area contributed by atoms with Gasteiger partial charge in [0, 0.05) is 18.2 Å². The molecular weight excluding hydrogens is 328 g/mol. The molecule has 0 saturated heterocycles. The number of rotatable bonds is 7. The van der Waals surface area contributed by atoms with Gasteiger partial charge in [-0.25, -0.2) is 9.67 Å². The lowest BCUT2D eigenvalue weighted by molar-refractivity contribution is 0.328. The highest BCUT2D eigenvalue weighted by Gasteiger charge is 2.14. The van der Waals surface area contributed by atoms with Crippen LogP contribution in [-0.2, 0) is 0 Å². The highest BCUT2D eigenvalue weighted by atomic mass is 16.5. The van der Waals surface area contributed by atoms with Crippen LogP contribution in [0.3, 0.4) is 0 Å². The van der Waals surface area contributed by atoms with Gasteiger partial charge in [-0.05, 0) is 42.3 Å². The van der Waals surface area contributed by atoms with E-state index in [0.717, 1.165) is 28.4 Å². The van der Waals surface area contributed by atoms with Crippen LogP contribution in [0, 0.1) is 0 Å². The summed E-state index contributed by atoms with van der Waals surface area (Å²) in [6.07, 6.45) is 1.76. The topological polar surface area (TPSA) is 75.2 Å². The second kappa shape index (κ2) is 8.01. The van der Waals surface area contributed by atoms with Crippen molar-refractivity contribution < 1.29 is 9.47 Å². The van der Waals surface area contributed by atoms with Crippen LogP contribution in [0.5, 0.6) is 11.6 Å². The molecule has 0 radical (unpaired) electrons. The summed E-state index contributed by atoms with van der Waals surface area (Å²) < 4.78 is 12.6. The molecular formula is C20H24N4O2. The summed E-state index contributed by atoms with van der Waals surface area (Å²) in [5.41, 5.74) is 9.46. The summed E-state index contributed by atoms with van der Waals surface area (Å²) >= 11 is 0. The van der Waals surface area contributed by atoms with Gasteiger partial charge in [0.05, 0.1) is 30.4 Å². The maximum atomic E-state index is 5.56.